The normalized spacial score (nSPS) is 18.0. The van der Waals surface area contributed by atoms with Crippen molar-refractivity contribution in [2.24, 2.45) is 0 Å². The van der Waals surface area contributed by atoms with Crippen LogP contribution in [0.3, 0.4) is 0 Å². The van der Waals surface area contributed by atoms with E-state index in [9.17, 15) is 18.0 Å². The zero-order chi connectivity index (χ0) is 24.5. The zero-order valence-corrected chi connectivity index (χ0v) is 20.4. The van der Waals surface area contributed by atoms with Gasteiger partial charge in [-0.3, -0.25) is 14.5 Å². The van der Waals surface area contributed by atoms with E-state index in [0.29, 0.717) is 35.8 Å². The topological polar surface area (TPSA) is 105 Å². The molecule has 34 heavy (non-hydrogen) atoms. The maximum absolute atomic E-state index is 13.1. The number of sulfonamides is 1. The highest BCUT2D eigenvalue weighted by molar-refractivity contribution is 7.89. The summed E-state index contributed by atoms with van der Waals surface area (Å²) in [4.78, 5) is 27.2. The van der Waals surface area contributed by atoms with Crippen molar-refractivity contribution < 1.29 is 27.5 Å². The molecule has 2 heterocycles. The Hall–Kier alpha value is -3.11. The van der Waals surface area contributed by atoms with Crippen molar-refractivity contribution >= 4 is 27.5 Å². The molecule has 10 heteroatoms. The van der Waals surface area contributed by atoms with E-state index in [0.717, 1.165) is 18.4 Å². The lowest BCUT2D eigenvalue weighted by atomic mass is 10.1. The number of hydrogen-bond acceptors (Lipinski definition) is 6. The van der Waals surface area contributed by atoms with Gasteiger partial charge in [-0.05, 0) is 54.8 Å². The number of carbonyl (C=O) groups is 2. The average molecular weight is 488 g/mol. The van der Waals surface area contributed by atoms with Crippen LogP contribution in [0, 0.1) is 0 Å². The third-order valence-electron chi connectivity index (χ3n) is 6.32. The zero-order valence-electron chi connectivity index (χ0n) is 19.5. The molecule has 2 aromatic carbocycles. The first-order valence-electron chi connectivity index (χ1n) is 11.2. The first-order valence-corrected chi connectivity index (χ1v) is 12.6. The molecule has 2 amide bonds. The van der Waals surface area contributed by atoms with Gasteiger partial charge in [0, 0.05) is 44.2 Å². The number of anilines is 1. The summed E-state index contributed by atoms with van der Waals surface area (Å²) in [6.07, 6.45) is 1.94. The summed E-state index contributed by atoms with van der Waals surface area (Å²) in [6.45, 7) is 2.61. The molecule has 1 fully saturated rings. The van der Waals surface area contributed by atoms with E-state index in [-0.39, 0.29) is 29.7 Å². The number of nitrogens with one attached hydrogen (secondary N) is 1. The molecule has 2 aliphatic heterocycles. The third-order valence-corrected chi connectivity index (χ3v) is 8.22. The van der Waals surface area contributed by atoms with E-state index in [1.165, 1.54) is 22.2 Å². The lowest BCUT2D eigenvalue weighted by Crippen LogP contribution is -2.47. The molecule has 0 spiro atoms. The second-order valence-electron chi connectivity index (χ2n) is 8.41. The molecule has 0 bridgehead atoms. The van der Waals surface area contributed by atoms with Crippen LogP contribution in [0.1, 0.15) is 30.9 Å². The van der Waals surface area contributed by atoms with Gasteiger partial charge < -0.3 is 14.8 Å². The average Bonchev–Trinajstić information content (AvgIpc) is 3.50. The van der Waals surface area contributed by atoms with Gasteiger partial charge in [-0.15, -0.1) is 0 Å². The number of carbonyl (C=O) groups excluding carboxylic acids is 2. The lowest BCUT2D eigenvalue weighted by Gasteiger charge is -2.24. The van der Waals surface area contributed by atoms with Crippen molar-refractivity contribution in [3.8, 4) is 11.5 Å². The lowest BCUT2D eigenvalue weighted by molar-refractivity contribution is -0.125. The van der Waals surface area contributed by atoms with Crippen molar-refractivity contribution in [2.45, 2.75) is 43.7 Å². The Morgan fingerprint density at radius 2 is 1.79 bits per heavy atom. The van der Waals surface area contributed by atoms with E-state index < -0.39 is 16.1 Å². The molecular formula is C24H29N3O6S. The quantitative estimate of drug-likeness (QED) is 0.641. The van der Waals surface area contributed by atoms with Gasteiger partial charge in [0.05, 0.1) is 19.1 Å². The highest BCUT2D eigenvalue weighted by Crippen LogP contribution is 2.35. The molecule has 0 aromatic heterocycles. The number of hydrogen-bond donors (Lipinski definition) is 1. The number of nitrogens with zero attached hydrogens (tertiary/aromatic N) is 2. The molecule has 182 valence electrons. The highest BCUT2D eigenvalue weighted by Gasteiger charge is 2.38. The van der Waals surface area contributed by atoms with Crippen molar-refractivity contribution in [3.05, 3.63) is 47.5 Å². The minimum Gasteiger partial charge on any atom is -0.497 e. The monoisotopic (exact) mass is 487 g/mol. The minimum absolute atomic E-state index is 0.187. The fourth-order valence-corrected chi connectivity index (χ4v) is 6.15. The summed E-state index contributed by atoms with van der Waals surface area (Å²) in [7, 11) is -0.487. The standard InChI is InChI=1S/C24H29N3O6S/c1-16(28)27-21-8-7-20(34(30,31)26-10-4-5-11-26)13-17(21)14-22(27)24(29)25-15-18-12-19(32-2)6-9-23(18)33-3/h6-9,12-13,22H,4-5,10-11,14-15H2,1-3H3,(H,25,29)/t22-/m0/s1. The van der Waals surface area contributed by atoms with Crippen LogP contribution < -0.4 is 19.7 Å². The van der Waals surface area contributed by atoms with Crippen molar-refractivity contribution in [1.82, 2.24) is 9.62 Å². The summed E-state index contributed by atoms with van der Waals surface area (Å²) in [6, 6.07) is 9.27. The second kappa shape index (κ2) is 9.63. The number of amides is 2. The molecule has 9 nitrogen and oxygen atoms in total. The largest absolute Gasteiger partial charge is 0.497 e. The van der Waals surface area contributed by atoms with Crippen LogP contribution in [-0.2, 0) is 32.6 Å². The van der Waals surface area contributed by atoms with E-state index >= 15 is 0 Å². The fourth-order valence-electron chi connectivity index (χ4n) is 4.59. The first kappa shape index (κ1) is 24.0. The van der Waals surface area contributed by atoms with E-state index in [2.05, 4.69) is 5.32 Å². The van der Waals surface area contributed by atoms with Crippen molar-refractivity contribution in [1.29, 1.82) is 0 Å². The van der Waals surface area contributed by atoms with Crippen LogP contribution in [0.5, 0.6) is 11.5 Å². The van der Waals surface area contributed by atoms with Crippen LogP contribution in [0.4, 0.5) is 5.69 Å². The summed E-state index contributed by atoms with van der Waals surface area (Å²) >= 11 is 0. The molecule has 1 N–H and O–H groups in total. The molecule has 0 radical (unpaired) electrons. The summed E-state index contributed by atoms with van der Waals surface area (Å²) < 4.78 is 38.1. The number of ether oxygens (including phenoxy) is 2. The van der Waals surface area contributed by atoms with Gasteiger partial charge in [-0.2, -0.15) is 4.31 Å². The third kappa shape index (κ3) is 4.47. The molecule has 1 saturated heterocycles. The maximum atomic E-state index is 13.1. The molecule has 2 aliphatic rings. The number of benzene rings is 2. The Morgan fingerprint density at radius 3 is 2.44 bits per heavy atom. The number of rotatable bonds is 7. The van der Waals surface area contributed by atoms with Crippen LogP contribution >= 0.6 is 0 Å². The van der Waals surface area contributed by atoms with Gasteiger partial charge in [0.15, 0.2) is 0 Å². The van der Waals surface area contributed by atoms with Crippen LogP contribution in [0.2, 0.25) is 0 Å². The molecular weight excluding hydrogens is 458 g/mol. The van der Waals surface area contributed by atoms with E-state index in [4.69, 9.17) is 9.47 Å². The minimum atomic E-state index is -3.59. The maximum Gasteiger partial charge on any atom is 0.243 e. The van der Waals surface area contributed by atoms with Crippen LogP contribution in [0.25, 0.3) is 0 Å². The van der Waals surface area contributed by atoms with Gasteiger partial charge in [0.1, 0.15) is 17.5 Å². The van der Waals surface area contributed by atoms with Gasteiger partial charge in [0.2, 0.25) is 21.8 Å². The van der Waals surface area contributed by atoms with Gasteiger partial charge in [-0.1, -0.05) is 0 Å². The summed E-state index contributed by atoms with van der Waals surface area (Å²) in [5.41, 5.74) is 1.96. The highest BCUT2D eigenvalue weighted by atomic mass is 32.2. The first-order chi connectivity index (χ1) is 16.3. The van der Waals surface area contributed by atoms with Crippen molar-refractivity contribution in [2.75, 3.05) is 32.2 Å². The Balaban J connectivity index is 1.55. The predicted octanol–water partition coefficient (Wildman–Crippen LogP) is 2.08. The number of fused-ring (bicyclic) bond motifs is 1. The van der Waals surface area contributed by atoms with E-state index in [1.54, 1.807) is 44.6 Å². The van der Waals surface area contributed by atoms with Gasteiger partial charge in [0.25, 0.3) is 0 Å². The Bertz CT molecular complexity index is 1210. The van der Waals surface area contributed by atoms with E-state index in [1.807, 2.05) is 0 Å². The Labute approximate surface area is 199 Å². The fraction of sp³-hybridized carbons (Fsp3) is 0.417. The SMILES string of the molecule is COc1ccc(OC)c(CNC(=O)[C@@H]2Cc3cc(S(=O)(=O)N4CCCC4)ccc3N2C(C)=O)c1. The molecule has 2 aromatic rings. The number of methoxy groups -OCH3 is 2. The van der Waals surface area contributed by atoms with Gasteiger partial charge in [-0.25, -0.2) is 8.42 Å². The summed E-state index contributed by atoms with van der Waals surface area (Å²) in [5, 5.41) is 2.88. The summed E-state index contributed by atoms with van der Waals surface area (Å²) in [5.74, 6) is 0.625. The van der Waals surface area contributed by atoms with Crippen molar-refractivity contribution in [3.63, 3.8) is 0 Å². The molecule has 0 saturated carbocycles. The molecule has 0 unspecified atom stereocenters. The van der Waals surface area contributed by atoms with Crippen LogP contribution in [-0.4, -0.2) is 57.9 Å². The predicted molar refractivity (Wildman–Crippen MR) is 126 cm³/mol. The Morgan fingerprint density at radius 1 is 1.06 bits per heavy atom. The Kier molecular flexibility index (Phi) is 6.81. The molecule has 0 aliphatic carbocycles. The smallest absolute Gasteiger partial charge is 0.243 e. The molecule has 1 atom stereocenters. The van der Waals surface area contributed by atoms with Crippen LogP contribution in [0.15, 0.2) is 41.3 Å². The molecule has 4 rings (SSSR count). The second-order valence-corrected chi connectivity index (χ2v) is 10.3. The van der Waals surface area contributed by atoms with Gasteiger partial charge >= 0.3 is 0 Å².